The van der Waals surface area contributed by atoms with E-state index in [9.17, 15) is 9.18 Å². The van der Waals surface area contributed by atoms with Crippen LogP contribution < -0.4 is 14.2 Å². The first-order valence-electron chi connectivity index (χ1n) is 12.6. The van der Waals surface area contributed by atoms with Crippen LogP contribution in [-0.4, -0.2) is 35.3 Å². The van der Waals surface area contributed by atoms with Crippen molar-refractivity contribution >= 4 is 16.9 Å². The van der Waals surface area contributed by atoms with Gasteiger partial charge in [-0.3, -0.25) is 0 Å². The molecule has 2 aromatic heterocycles. The van der Waals surface area contributed by atoms with E-state index in [1.807, 2.05) is 6.07 Å². The number of hydrogen-bond donors (Lipinski definition) is 0. The summed E-state index contributed by atoms with van der Waals surface area (Å²) in [4.78, 5) is 18.2. The molecule has 0 spiro atoms. The highest BCUT2D eigenvalue weighted by molar-refractivity contribution is 5.76. The maximum Gasteiger partial charge on any atom is 0.236 e. The minimum Gasteiger partial charge on any atom is -0.489 e. The molecule has 1 aliphatic carbocycles. The lowest BCUT2D eigenvalue weighted by Crippen LogP contribution is -2.07. The predicted molar refractivity (Wildman–Crippen MR) is 139 cm³/mol. The second-order valence-corrected chi connectivity index (χ2v) is 9.41. The van der Waals surface area contributed by atoms with E-state index < -0.39 is 6.36 Å². The number of halogens is 1. The van der Waals surface area contributed by atoms with Gasteiger partial charge in [-0.25, -0.2) is 14.4 Å². The zero-order valence-electron chi connectivity index (χ0n) is 22.5. The Balaban J connectivity index is 0.000000583. The number of nitrogens with zero attached hydrogens (tertiary/aromatic N) is 2. The van der Waals surface area contributed by atoms with Crippen LogP contribution in [0, 0.1) is 11.8 Å². The Morgan fingerprint density at radius 1 is 1.11 bits per heavy atom. The van der Waals surface area contributed by atoms with Gasteiger partial charge in [0.1, 0.15) is 11.3 Å². The summed E-state index contributed by atoms with van der Waals surface area (Å²) >= 11 is 0. The van der Waals surface area contributed by atoms with E-state index in [2.05, 4.69) is 37.7 Å². The number of oxazole rings is 1. The Morgan fingerprint density at radius 3 is 2.36 bits per heavy atom. The lowest BCUT2D eigenvalue weighted by Gasteiger charge is -2.14. The number of rotatable bonds is 9. The Morgan fingerprint density at radius 2 is 1.78 bits per heavy atom. The highest BCUT2D eigenvalue weighted by Crippen LogP contribution is 2.36. The third-order valence-corrected chi connectivity index (χ3v) is 4.47. The second kappa shape index (κ2) is 14.4. The lowest BCUT2D eigenvalue weighted by atomic mass is 10.2. The molecule has 3 aromatic rings. The van der Waals surface area contributed by atoms with Crippen molar-refractivity contribution in [3.63, 3.8) is 0 Å². The van der Waals surface area contributed by atoms with Crippen LogP contribution in [0.15, 0.2) is 34.9 Å². The van der Waals surface area contributed by atoms with Crippen molar-refractivity contribution < 1.29 is 27.8 Å². The highest BCUT2D eigenvalue weighted by atomic mass is 19.1. The summed E-state index contributed by atoms with van der Waals surface area (Å²) in [5.74, 6) is 2.89. The number of benzene rings is 1. The van der Waals surface area contributed by atoms with E-state index in [4.69, 9.17) is 18.6 Å². The third kappa shape index (κ3) is 10.2. The van der Waals surface area contributed by atoms with Gasteiger partial charge in [-0.05, 0) is 56.7 Å². The van der Waals surface area contributed by atoms with E-state index in [0.717, 1.165) is 0 Å². The Kier molecular flexibility index (Phi) is 11.6. The van der Waals surface area contributed by atoms with Crippen molar-refractivity contribution in [1.29, 1.82) is 0 Å². The molecule has 7 nitrogen and oxygen atoms in total. The van der Waals surface area contributed by atoms with E-state index in [0.29, 0.717) is 65.0 Å². The lowest BCUT2D eigenvalue weighted by molar-refractivity contribution is -0.115. The van der Waals surface area contributed by atoms with Crippen molar-refractivity contribution in [1.82, 2.24) is 9.97 Å². The molecule has 1 unspecified atom stereocenters. The molecular weight excluding hydrogens is 463 g/mol. The molecular formula is C28H39FN2O5. The van der Waals surface area contributed by atoms with Crippen LogP contribution in [0.4, 0.5) is 4.39 Å². The molecule has 1 aliphatic rings. The maximum absolute atomic E-state index is 13.5. The quantitative estimate of drug-likeness (QED) is 0.301. The Hall–Kier alpha value is -3.16. The van der Waals surface area contributed by atoms with E-state index in [1.165, 1.54) is 40.0 Å². The van der Waals surface area contributed by atoms with Crippen LogP contribution in [0.25, 0.3) is 22.6 Å². The fraction of sp³-hybridized carbons (Fsp3) is 0.536. The second-order valence-electron chi connectivity index (χ2n) is 9.41. The summed E-state index contributed by atoms with van der Waals surface area (Å²) in [7, 11) is 0. The zero-order valence-corrected chi connectivity index (χ0v) is 22.5. The molecule has 0 N–H and O–H groups in total. The van der Waals surface area contributed by atoms with Gasteiger partial charge in [-0.1, -0.05) is 34.1 Å². The molecule has 0 bridgehead atoms. The molecule has 0 radical (unpaired) electrons. The summed E-state index contributed by atoms with van der Waals surface area (Å²) in [6, 6.07) is 7.00. The summed E-state index contributed by atoms with van der Waals surface area (Å²) in [5, 5.41) is 0. The third-order valence-electron chi connectivity index (χ3n) is 4.47. The number of hydrogen-bond acceptors (Lipinski definition) is 7. The molecule has 8 heteroatoms. The van der Waals surface area contributed by atoms with Crippen LogP contribution in [0.5, 0.6) is 17.4 Å². The number of ether oxygens (including phenoxy) is 3. The largest absolute Gasteiger partial charge is 0.489 e. The molecule has 1 saturated carbocycles. The molecule has 1 fully saturated rings. The predicted octanol–water partition coefficient (Wildman–Crippen LogP) is 7.42. The van der Waals surface area contributed by atoms with Gasteiger partial charge in [-0.15, -0.1) is 0 Å². The average Bonchev–Trinajstić information content (AvgIpc) is 3.53. The fourth-order valence-corrected chi connectivity index (χ4v) is 2.79. The van der Waals surface area contributed by atoms with Gasteiger partial charge in [0.2, 0.25) is 18.1 Å². The number of aromatic nitrogens is 2. The van der Waals surface area contributed by atoms with Crippen LogP contribution in [0.3, 0.4) is 0 Å². The molecule has 198 valence electrons. The van der Waals surface area contributed by atoms with E-state index in [-0.39, 0.29) is 5.78 Å². The Bertz CT molecular complexity index is 1090. The van der Waals surface area contributed by atoms with Gasteiger partial charge < -0.3 is 23.4 Å². The SMILES string of the molecule is CC(C)=O.CC(C)COc1cc2oc(-c3ccc(OCC4CC4)c(OC(C)F)c3)nc2cn1.CCC. The highest BCUT2D eigenvalue weighted by Gasteiger charge is 2.23. The van der Waals surface area contributed by atoms with Crippen LogP contribution in [0.2, 0.25) is 0 Å². The number of carbonyl (C=O) groups excluding carboxylic acids is 1. The smallest absolute Gasteiger partial charge is 0.236 e. The van der Waals surface area contributed by atoms with Gasteiger partial charge >= 0.3 is 0 Å². The maximum atomic E-state index is 13.5. The molecule has 0 aliphatic heterocycles. The van der Waals surface area contributed by atoms with E-state index in [1.54, 1.807) is 24.4 Å². The van der Waals surface area contributed by atoms with E-state index >= 15 is 0 Å². The normalized spacial score (nSPS) is 13.2. The number of ketones is 1. The monoisotopic (exact) mass is 502 g/mol. The van der Waals surface area contributed by atoms with Crippen molar-refractivity contribution in [2.75, 3.05) is 13.2 Å². The molecule has 4 rings (SSSR count). The minimum atomic E-state index is -1.46. The fourth-order valence-electron chi connectivity index (χ4n) is 2.79. The van der Waals surface area contributed by atoms with Gasteiger partial charge in [0, 0.05) is 18.6 Å². The molecule has 0 amide bonds. The summed E-state index contributed by atoms with van der Waals surface area (Å²) in [5.41, 5.74) is 1.86. The molecule has 2 heterocycles. The topological polar surface area (TPSA) is 83.7 Å². The van der Waals surface area contributed by atoms with Gasteiger partial charge in [-0.2, -0.15) is 0 Å². The molecule has 1 aromatic carbocycles. The first-order valence-corrected chi connectivity index (χ1v) is 12.6. The first-order chi connectivity index (χ1) is 17.1. The van der Waals surface area contributed by atoms with Crippen molar-refractivity contribution in [3.05, 3.63) is 30.5 Å². The molecule has 0 saturated heterocycles. The number of carbonyl (C=O) groups is 1. The summed E-state index contributed by atoms with van der Waals surface area (Å²) in [6.45, 7) is 14.0. The van der Waals surface area contributed by atoms with Crippen LogP contribution in [-0.2, 0) is 4.79 Å². The molecule has 1 atom stereocenters. The summed E-state index contributed by atoms with van der Waals surface area (Å²) < 4.78 is 36.2. The van der Waals surface area contributed by atoms with Crippen LogP contribution in [0.1, 0.15) is 67.7 Å². The average molecular weight is 503 g/mol. The standard InChI is InChI=1S/C22H25FN2O4.C3H6O.C3H8/c1-13(2)11-27-21-9-19-17(10-24-21)25-22(29-19)16-6-7-18(26-12-15-4-5-15)20(8-16)28-14(3)23;1-3(2)4;1-3-2/h6-10,13-15H,4-5,11-12H2,1-3H3;1-2H3;3H2,1-2H3. The van der Waals surface area contributed by atoms with Crippen molar-refractivity contribution in [2.45, 2.75) is 74.1 Å². The van der Waals surface area contributed by atoms with Crippen molar-refractivity contribution in [2.24, 2.45) is 11.8 Å². The number of alkyl halides is 1. The van der Waals surface area contributed by atoms with Gasteiger partial charge in [0.05, 0.1) is 19.4 Å². The summed E-state index contributed by atoms with van der Waals surface area (Å²) in [6.07, 6.45) is 3.76. The molecule has 36 heavy (non-hydrogen) atoms. The zero-order chi connectivity index (χ0) is 26.7. The Labute approximate surface area is 213 Å². The number of pyridine rings is 1. The first kappa shape index (κ1) is 29.1. The van der Waals surface area contributed by atoms with Gasteiger partial charge in [0.15, 0.2) is 17.1 Å². The van der Waals surface area contributed by atoms with Crippen LogP contribution >= 0.6 is 0 Å². The number of fused-ring (bicyclic) bond motifs is 1. The van der Waals surface area contributed by atoms with Gasteiger partial charge in [0.25, 0.3) is 0 Å². The number of Topliss-reactive ketones (excluding diaryl/α,β-unsaturated/α-hetero) is 1. The van der Waals surface area contributed by atoms with Crippen molar-refractivity contribution in [3.8, 4) is 28.8 Å². The minimum absolute atomic E-state index is 0.167.